The zero-order valence-corrected chi connectivity index (χ0v) is 14.0. The number of halogens is 3. The van der Waals surface area contributed by atoms with Crippen LogP contribution in [0.25, 0.3) is 11.4 Å². The van der Waals surface area contributed by atoms with Crippen LogP contribution in [0, 0.1) is 0 Å². The third kappa shape index (κ3) is 4.17. The Balaban J connectivity index is 1.87. The Morgan fingerprint density at radius 2 is 1.88 bits per heavy atom. The predicted octanol–water partition coefficient (Wildman–Crippen LogP) is 3.32. The van der Waals surface area contributed by atoms with Crippen LogP contribution in [0.4, 0.5) is 24.5 Å². The number of benzene rings is 2. The first-order chi connectivity index (χ1) is 12.5. The number of hydrogen-bond donors (Lipinski definition) is 2. The summed E-state index contributed by atoms with van der Waals surface area (Å²) in [7, 11) is 1.83. The Bertz CT molecular complexity index is 875. The number of likely N-dealkylation sites (N-methyl/N-ethyl adjacent to an activating group) is 1. The standard InChI is InChI=1S/C17H17F3N6/c1-21-9-10-26-24-16(23-25-26)14-7-2-3-8-15(14)22-13-6-4-5-12(11-13)17(18,19)20/h2-8,11,21-22H,9-10H2,1H3. The molecule has 136 valence electrons. The lowest BCUT2D eigenvalue weighted by atomic mass is 10.1. The van der Waals surface area contributed by atoms with Crippen molar-refractivity contribution in [3.05, 3.63) is 54.1 Å². The lowest BCUT2D eigenvalue weighted by Crippen LogP contribution is -2.16. The Hall–Kier alpha value is -2.94. The van der Waals surface area contributed by atoms with Crippen LogP contribution in [0.15, 0.2) is 48.5 Å². The van der Waals surface area contributed by atoms with Crippen molar-refractivity contribution in [1.29, 1.82) is 0 Å². The van der Waals surface area contributed by atoms with Gasteiger partial charge >= 0.3 is 6.18 Å². The van der Waals surface area contributed by atoms with Crippen LogP contribution in [0.1, 0.15) is 5.56 Å². The van der Waals surface area contributed by atoms with Crippen molar-refractivity contribution in [3.63, 3.8) is 0 Å². The van der Waals surface area contributed by atoms with E-state index in [4.69, 9.17) is 0 Å². The van der Waals surface area contributed by atoms with Crippen LogP contribution >= 0.6 is 0 Å². The number of nitrogens with one attached hydrogen (secondary N) is 2. The normalized spacial score (nSPS) is 11.5. The summed E-state index contributed by atoms with van der Waals surface area (Å²) in [6.45, 7) is 1.26. The highest BCUT2D eigenvalue weighted by Crippen LogP contribution is 2.33. The molecule has 3 aromatic rings. The smallest absolute Gasteiger partial charge is 0.355 e. The Morgan fingerprint density at radius 1 is 1.08 bits per heavy atom. The van der Waals surface area contributed by atoms with Gasteiger partial charge in [-0.1, -0.05) is 18.2 Å². The van der Waals surface area contributed by atoms with Gasteiger partial charge in [0.2, 0.25) is 5.82 Å². The zero-order chi connectivity index (χ0) is 18.6. The first-order valence-corrected chi connectivity index (χ1v) is 7.93. The second-order valence-corrected chi connectivity index (χ2v) is 5.56. The van der Waals surface area contributed by atoms with Crippen LogP contribution in [0.5, 0.6) is 0 Å². The molecule has 0 amide bonds. The first-order valence-electron chi connectivity index (χ1n) is 7.93. The second kappa shape index (κ2) is 7.52. The fraction of sp³-hybridized carbons (Fsp3) is 0.235. The summed E-state index contributed by atoms with van der Waals surface area (Å²) < 4.78 is 38.7. The fourth-order valence-corrected chi connectivity index (χ4v) is 2.37. The fourth-order valence-electron chi connectivity index (χ4n) is 2.37. The molecule has 0 aliphatic carbocycles. The van der Waals surface area contributed by atoms with Crippen LogP contribution in [-0.4, -0.2) is 33.8 Å². The predicted molar refractivity (Wildman–Crippen MR) is 91.9 cm³/mol. The van der Waals surface area contributed by atoms with E-state index in [1.54, 1.807) is 30.3 Å². The quantitative estimate of drug-likeness (QED) is 0.704. The van der Waals surface area contributed by atoms with Gasteiger partial charge < -0.3 is 10.6 Å². The summed E-state index contributed by atoms with van der Waals surface area (Å²) in [4.78, 5) is 1.47. The highest BCUT2D eigenvalue weighted by Gasteiger charge is 2.30. The van der Waals surface area contributed by atoms with Gasteiger partial charge in [0.15, 0.2) is 0 Å². The molecule has 0 atom stereocenters. The largest absolute Gasteiger partial charge is 0.416 e. The molecular weight excluding hydrogens is 345 g/mol. The summed E-state index contributed by atoms with van der Waals surface area (Å²) in [6, 6.07) is 12.2. The number of anilines is 2. The number of para-hydroxylation sites is 1. The molecule has 9 heteroatoms. The van der Waals surface area contributed by atoms with Crippen molar-refractivity contribution in [2.24, 2.45) is 0 Å². The molecule has 2 aromatic carbocycles. The Labute approximate surface area is 148 Å². The molecule has 1 aromatic heterocycles. The van der Waals surface area contributed by atoms with Crippen molar-refractivity contribution in [1.82, 2.24) is 25.5 Å². The van der Waals surface area contributed by atoms with Gasteiger partial charge in [-0.2, -0.15) is 18.0 Å². The second-order valence-electron chi connectivity index (χ2n) is 5.56. The number of alkyl halides is 3. The van der Waals surface area contributed by atoms with Crippen LogP contribution in [0.2, 0.25) is 0 Å². The maximum atomic E-state index is 12.9. The van der Waals surface area contributed by atoms with Crippen molar-refractivity contribution in [2.45, 2.75) is 12.7 Å². The monoisotopic (exact) mass is 362 g/mol. The molecule has 1 heterocycles. The van der Waals surface area contributed by atoms with E-state index in [-0.39, 0.29) is 0 Å². The van der Waals surface area contributed by atoms with E-state index in [1.807, 2.05) is 7.05 Å². The molecule has 2 N–H and O–H groups in total. The SMILES string of the molecule is CNCCn1nnc(-c2ccccc2Nc2cccc(C(F)(F)F)c2)n1. The van der Waals surface area contributed by atoms with Gasteiger partial charge in [-0.3, -0.25) is 0 Å². The molecule has 0 radical (unpaired) electrons. The molecule has 0 bridgehead atoms. The molecule has 3 rings (SSSR count). The van der Waals surface area contributed by atoms with E-state index in [0.717, 1.165) is 12.1 Å². The molecule has 6 nitrogen and oxygen atoms in total. The van der Waals surface area contributed by atoms with Gasteiger partial charge in [-0.05, 0) is 42.6 Å². The summed E-state index contributed by atoms with van der Waals surface area (Å²) in [5.74, 6) is 0.399. The Morgan fingerprint density at radius 3 is 2.65 bits per heavy atom. The van der Waals surface area contributed by atoms with Gasteiger partial charge in [0.25, 0.3) is 0 Å². The van der Waals surface area contributed by atoms with E-state index in [1.165, 1.54) is 10.9 Å². The summed E-state index contributed by atoms with van der Waals surface area (Å²) in [5, 5.41) is 18.3. The Kier molecular flexibility index (Phi) is 5.17. The maximum Gasteiger partial charge on any atom is 0.416 e. The molecule has 0 unspecified atom stereocenters. The average Bonchev–Trinajstić information content (AvgIpc) is 3.09. The van der Waals surface area contributed by atoms with E-state index >= 15 is 0 Å². The lowest BCUT2D eigenvalue weighted by molar-refractivity contribution is -0.137. The number of aromatic nitrogens is 4. The van der Waals surface area contributed by atoms with E-state index in [0.29, 0.717) is 35.9 Å². The zero-order valence-electron chi connectivity index (χ0n) is 14.0. The van der Waals surface area contributed by atoms with Crippen molar-refractivity contribution < 1.29 is 13.2 Å². The molecule has 0 fully saturated rings. The molecule has 0 aliphatic rings. The third-order valence-electron chi connectivity index (χ3n) is 3.65. The minimum absolute atomic E-state index is 0.329. The molecule has 26 heavy (non-hydrogen) atoms. The third-order valence-corrected chi connectivity index (χ3v) is 3.65. The average molecular weight is 362 g/mol. The molecule has 0 spiro atoms. The highest BCUT2D eigenvalue weighted by molar-refractivity contribution is 5.77. The van der Waals surface area contributed by atoms with E-state index in [2.05, 4.69) is 26.0 Å². The lowest BCUT2D eigenvalue weighted by Gasteiger charge is -2.12. The van der Waals surface area contributed by atoms with Gasteiger partial charge in [0, 0.05) is 23.5 Å². The van der Waals surface area contributed by atoms with Crippen LogP contribution < -0.4 is 10.6 Å². The molecule has 0 saturated carbocycles. The van der Waals surface area contributed by atoms with E-state index < -0.39 is 11.7 Å². The van der Waals surface area contributed by atoms with Crippen molar-refractivity contribution in [2.75, 3.05) is 18.9 Å². The minimum Gasteiger partial charge on any atom is -0.355 e. The van der Waals surface area contributed by atoms with Crippen LogP contribution in [-0.2, 0) is 12.7 Å². The summed E-state index contributed by atoms with van der Waals surface area (Å²) in [5.41, 5.74) is 0.867. The van der Waals surface area contributed by atoms with Gasteiger partial charge in [0.05, 0.1) is 12.1 Å². The van der Waals surface area contributed by atoms with Gasteiger partial charge in [-0.15, -0.1) is 10.2 Å². The summed E-state index contributed by atoms with van der Waals surface area (Å²) >= 11 is 0. The molecular formula is C17H17F3N6. The van der Waals surface area contributed by atoms with Crippen molar-refractivity contribution in [3.8, 4) is 11.4 Å². The highest BCUT2D eigenvalue weighted by atomic mass is 19.4. The number of nitrogens with zero attached hydrogens (tertiary/aromatic N) is 4. The topological polar surface area (TPSA) is 67.7 Å². The van der Waals surface area contributed by atoms with Gasteiger partial charge in [-0.25, -0.2) is 0 Å². The maximum absolute atomic E-state index is 12.9. The molecule has 0 saturated heterocycles. The van der Waals surface area contributed by atoms with Crippen LogP contribution in [0.3, 0.4) is 0 Å². The number of hydrogen-bond acceptors (Lipinski definition) is 5. The summed E-state index contributed by atoms with van der Waals surface area (Å²) in [6.07, 6.45) is -4.39. The first kappa shape index (κ1) is 17.9. The number of rotatable bonds is 6. The molecule has 0 aliphatic heterocycles. The number of tetrazole rings is 1. The van der Waals surface area contributed by atoms with Crippen molar-refractivity contribution >= 4 is 11.4 Å². The minimum atomic E-state index is -4.39. The van der Waals surface area contributed by atoms with Gasteiger partial charge in [0.1, 0.15) is 0 Å². The van der Waals surface area contributed by atoms with E-state index in [9.17, 15) is 13.2 Å².